The average Bonchev–Trinajstić information content (AvgIpc) is 2.91. The zero-order chi connectivity index (χ0) is 14.2. The second-order valence-electron chi connectivity index (χ2n) is 4.65. The lowest BCUT2D eigenvalue weighted by molar-refractivity contribution is -0.141. The van der Waals surface area contributed by atoms with E-state index in [0.29, 0.717) is 4.99 Å². The van der Waals surface area contributed by atoms with Crippen LogP contribution < -0.4 is 10.6 Å². The van der Waals surface area contributed by atoms with Crippen molar-refractivity contribution in [2.24, 2.45) is 12.8 Å². The Kier molecular flexibility index (Phi) is 3.75. The maximum absolute atomic E-state index is 11.8. The molecular weight excluding hydrogens is 264 g/mol. The van der Waals surface area contributed by atoms with Gasteiger partial charge in [0.2, 0.25) is 0 Å². The van der Waals surface area contributed by atoms with E-state index in [1.54, 1.807) is 4.68 Å². The van der Waals surface area contributed by atoms with Crippen LogP contribution in [0.3, 0.4) is 0 Å². The topological polar surface area (TPSA) is 73.4 Å². The highest BCUT2D eigenvalue weighted by Crippen LogP contribution is 2.30. The molecule has 1 aromatic heterocycles. The minimum absolute atomic E-state index is 0.231. The van der Waals surface area contributed by atoms with Crippen LogP contribution in [0.25, 0.3) is 0 Å². The van der Waals surface area contributed by atoms with Crippen LogP contribution in [0.2, 0.25) is 0 Å². The molecule has 1 aliphatic rings. The zero-order valence-electron chi connectivity index (χ0n) is 11.3. The van der Waals surface area contributed by atoms with Gasteiger partial charge in [-0.1, -0.05) is 12.2 Å². The number of aryl methyl sites for hydroxylation is 2. The Morgan fingerprint density at radius 2 is 2.26 bits per heavy atom. The monoisotopic (exact) mass is 282 g/mol. The first-order valence-electron chi connectivity index (χ1n) is 6.15. The van der Waals surface area contributed by atoms with Crippen LogP contribution in [0.5, 0.6) is 0 Å². The van der Waals surface area contributed by atoms with E-state index in [2.05, 4.69) is 5.10 Å². The fraction of sp³-hybridized carbons (Fsp3) is 0.583. The van der Waals surface area contributed by atoms with Crippen molar-refractivity contribution in [1.82, 2.24) is 9.78 Å². The van der Waals surface area contributed by atoms with E-state index >= 15 is 0 Å². The van der Waals surface area contributed by atoms with Crippen molar-refractivity contribution in [3.63, 3.8) is 0 Å². The first-order valence-corrected chi connectivity index (χ1v) is 6.56. The second-order valence-corrected chi connectivity index (χ2v) is 5.09. The molecule has 0 aliphatic carbocycles. The first kappa shape index (κ1) is 13.8. The van der Waals surface area contributed by atoms with E-state index in [1.807, 2.05) is 18.9 Å². The minimum atomic E-state index is -0.284. The quantitative estimate of drug-likeness (QED) is 0.643. The van der Waals surface area contributed by atoms with Crippen molar-refractivity contribution in [3.8, 4) is 0 Å². The van der Waals surface area contributed by atoms with Crippen LogP contribution in [0.4, 0.5) is 5.82 Å². The van der Waals surface area contributed by atoms with Gasteiger partial charge in [-0.2, -0.15) is 5.10 Å². The summed E-state index contributed by atoms with van der Waals surface area (Å²) in [6, 6.07) is -0.284. The number of nitrogens with zero attached hydrogens (tertiary/aromatic N) is 3. The number of rotatable bonds is 3. The van der Waals surface area contributed by atoms with Crippen LogP contribution in [-0.2, 0) is 16.6 Å². The van der Waals surface area contributed by atoms with Crippen LogP contribution in [-0.4, -0.2) is 40.4 Å². The van der Waals surface area contributed by atoms with Crippen molar-refractivity contribution in [2.75, 3.05) is 18.6 Å². The Morgan fingerprint density at radius 1 is 1.58 bits per heavy atom. The van der Waals surface area contributed by atoms with Gasteiger partial charge in [0.15, 0.2) is 0 Å². The van der Waals surface area contributed by atoms with Crippen molar-refractivity contribution in [1.29, 1.82) is 0 Å². The smallest absolute Gasteiger partial charge is 0.328 e. The number of thiocarbonyl (C=S) groups is 1. The van der Waals surface area contributed by atoms with Crippen LogP contribution in [0.1, 0.15) is 24.1 Å². The minimum Gasteiger partial charge on any atom is -0.467 e. The third-order valence-electron chi connectivity index (χ3n) is 3.44. The molecule has 2 rings (SSSR count). The van der Waals surface area contributed by atoms with Crippen molar-refractivity contribution < 1.29 is 9.53 Å². The number of esters is 1. The van der Waals surface area contributed by atoms with E-state index < -0.39 is 0 Å². The lowest BCUT2D eigenvalue weighted by Crippen LogP contribution is -2.39. The first-order chi connectivity index (χ1) is 8.97. The number of nitrogens with two attached hydrogens (primary N) is 1. The van der Waals surface area contributed by atoms with Gasteiger partial charge in [0.05, 0.1) is 18.4 Å². The molecule has 1 atom stereocenters. The van der Waals surface area contributed by atoms with Gasteiger partial charge < -0.3 is 15.4 Å². The molecule has 19 heavy (non-hydrogen) atoms. The van der Waals surface area contributed by atoms with Gasteiger partial charge in [-0.25, -0.2) is 4.79 Å². The highest BCUT2D eigenvalue weighted by Gasteiger charge is 2.35. The lowest BCUT2D eigenvalue weighted by atomic mass is 10.2. The molecule has 7 heteroatoms. The lowest BCUT2D eigenvalue weighted by Gasteiger charge is -2.25. The van der Waals surface area contributed by atoms with E-state index in [1.165, 1.54) is 7.11 Å². The van der Waals surface area contributed by atoms with Gasteiger partial charge in [0.1, 0.15) is 16.8 Å². The van der Waals surface area contributed by atoms with Crippen LogP contribution >= 0.6 is 12.2 Å². The predicted molar refractivity (Wildman–Crippen MR) is 76.2 cm³/mol. The van der Waals surface area contributed by atoms with Gasteiger partial charge in [-0.05, 0) is 19.8 Å². The molecule has 0 aromatic carbocycles. The number of anilines is 1. The summed E-state index contributed by atoms with van der Waals surface area (Å²) >= 11 is 5.10. The van der Waals surface area contributed by atoms with Gasteiger partial charge >= 0.3 is 5.97 Å². The standard InChI is InChI=1S/C12H18N4O2S/c1-7-9(10(13)19)11(15(2)14-7)16-6-4-5-8(16)12(17)18-3/h8H,4-6H2,1-3H3,(H2,13,19). The van der Waals surface area contributed by atoms with E-state index in [9.17, 15) is 4.79 Å². The molecule has 1 aromatic rings. The highest BCUT2D eigenvalue weighted by atomic mass is 32.1. The molecule has 104 valence electrons. The number of ether oxygens (including phenoxy) is 1. The maximum Gasteiger partial charge on any atom is 0.328 e. The molecule has 0 saturated carbocycles. The molecule has 2 N–H and O–H groups in total. The van der Waals surface area contributed by atoms with Gasteiger partial charge in [-0.15, -0.1) is 0 Å². The molecule has 0 amide bonds. The number of methoxy groups -OCH3 is 1. The molecule has 0 spiro atoms. The molecule has 1 aliphatic heterocycles. The number of carbonyl (C=O) groups is 1. The summed E-state index contributed by atoms with van der Waals surface area (Å²) in [5.41, 5.74) is 7.31. The van der Waals surface area contributed by atoms with Gasteiger partial charge in [0, 0.05) is 13.6 Å². The Bertz CT molecular complexity index is 526. The molecule has 1 fully saturated rings. The fourth-order valence-corrected chi connectivity index (χ4v) is 2.90. The summed E-state index contributed by atoms with van der Waals surface area (Å²) in [5.74, 6) is 0.572. The SMILES string of the molecule is COC(=O)C1CCCN1c1c(C(N)=S)c(C)nn1C. The summed E-state index contributed by atoms with van der Waals surface area (Å²) in [4.78, 5) is 14.1. The van der Waals surface area contributed by atoms with Crippen molar-refractivity contribution >= 4 is 29.0 Å². The fourth-order valence-electron chi connectivity index (χ4n) is 2.67. The molecule has 1 unspecified atom stereocenters. The van der Waals surface area contributed by atoms with E-state index in [0.717, 1.165) is 36.5 Å². The summed E-state index contributed by atoms with van der Waals surface area (Å²) in [7, 11) is 3.23. The summed E-state index contributed by atoms with van der Waals surface area (Å²) < 4.78 is 6.59. The largest absolute Gasteiger partial charge is 0.467 e. The number of hydrogen-bond acceptors (Lipinski definition) is 5. The summed E-state index contributed by atoms with van der Waals surface area (Å²) in [6.07, 6.45) is 1.70. The Hall–Kier alpha value is -1.63. The maximum atomic E-state index is 11.8. The third-order valence-corrected chi connectivity index (χ3v) is 3.64. The Morgan fingerprint density at radius 3 is 2.84 bits per heavy atom. The molecule has 2 heterocycles. The zero-order valence-corrected chi connectivity index (χ0v) is 12.2. The summed E-state index contributed by atoms with van der Waals surface area (Å²) in [6.45, 7) is 2.63. The predicted octanol–water partition coefficient (Wildman–Crippen LogP) is 0.505. The number of carbonyl (C=O) groups excluding carboxylic acids is 1. The molecule has 0 radical (unpaired) electrons. The number of aromatic nitrogens is 2. The normalized spacial score (nSPS) is 18.7. The number of hydrogen-bond donors (Lipinski definition) is 1. The molecule has 6 nitrogen and oxygen atoms in total. The Labute approximate surface area is 117 Å². The van der Waals surface area contributed by atoms with Crippen LogP contribution in [0.15, 0.2) is 0 Å². The Balaban J connectivity index is 2.46. The summed E-state index contributed by atoms with van der Waals surface area (Å²) in [5, 5.41) is 4.35. The van der Waals surface area contributed by atoms with Crippen molar-refractivity contribution in [3.05, 3.63) is 11.3 Å². The average molecular weight is 282 g/mol. The third kappa shape index (κ3) is 2.30. The second kappa shape index (κ2) is 5.16. The molecule has 1 saturated heterocycles. The molecular formula is C12H18N4O2S. The van der Waals surface area contributed by atoms with Gasteiger partial charge in [0.25, 0.3) is 0 Å². The van der Waals surface area contributed by atoms with Crippen LogP contribution in [0, 0.1) is 6.92 Å². The van der Waals surface area contributed by atoms with E-state index in [-0.39, 0.29) is 12.0 Å². The van der Waals surface area contributed by atoms with Crippen molar-refractivity contribution in [2.45, 2.75) is 25.8 Å². The highest BCUT2D eigenvalue weighted by molar-refractivity contribution is 7.80. The van der Waals surface area contributed by atoms with E-state index in [4.69, 9.17) is 22.7 Å². The van der Waals surface area contributed by atoms with Gasteiger partial charge in [-0.3, -0.25) is 4.68 Å². The molecule has 0 bridgehead atoms.